The molecule has 0 aromatic heterocycles. The van der Waals surface area contributed by atoms with Crippen molar-refractivity contribution in [1.29, 1.82) is 0 Å². The molecule has 0 radical (unpaired) electrons. The number of halogens is 1. The summed E-state index contributed by atoms with van der Waals surface area (Å²) in [7, 11) is 0. The number of nitrogens with zero attached hydrogens (tertiary/aromatic N) is 1. The Morgan fingerprint density at radius 1 is 1.23 bits per heavy atom. The summed E-state index contributed by atoms with van der Waals surface area (Å²) in [5.74, 6) is 0.954. The molecule has 3 atom stereocenters. The van der Waals surface area contributed by atoms with Crippen molar-refractivity contribution in [3.8, 4) is 5.75 Å². The molecule has 160 valence electrons. The van der Waals surface area contributed by atoms with Crippen molar-refractivity contribution < 1.29 is 9.53 Å². The molecule has 3 unspecified atom stereocenters. The number of carbonyl (C=O) groups is 1. The maximum atomic E-state index is 12.4. The van der Waals surface area contributed by atoms with Crippen molar-refractivity contribution in [1.82, 2.24) is 21.1 Å². The lowest BCUT2D eigenvalue weighted by Gasteiger charge is -2.21. The molecule has 2 aromatic rings. The lowest BCUT2D eigenvalue weighted by atomic mass is 10.0. The smallest absolute Gasteiger partial charge is 0.221 e. The second kappa shape index (κ2) is 9.79. The van der Waals surface area contributed by atoms with E-state index in [2.05, 4.69) is 40.1 Å². The minimum absolute atomic E-state index is 0.0687. The van der Waals surface area contributed by atoms with Gasteiger partial charge in [0.05, 0.1) is 0 Å². The predicted molar refractivity (Wildman–Crippen MR) is 118 cm³/mol. The van der Waals surface area contributed by atoms with Crippen LogP contribution in [0.4, 0.5) is 0 Å². The van der Waals surface area contributed by atoms with E-state index >= 15 is 0 Å². The number of hydrogen-bond acceptors (Lipinski definition) is 5. The van der Waals surface area contributed by atoms with Crippen LogP contribution in [-0.2, 0) is 11.3 Å². The average molecular weight is 429 g/mol. The second-order valence-corrected chi connectivity index (χ2v) is 8.59. The fourth-order valence-electron chi connectivity index (χ4n) is 4.12. The second-order valence-electron chi connectivity index (χ2n) is 8.15. The van der Waals surface area contributed by atoms with Crippen molar-refractivity contribution in [3.05, 3.63) is 64.7 Å². The van der Waals surface area contributed by atoms with E-state index in [4.69, 9.17) is 16.3 Å². The van der Waals surface area contributed by atoms with Gasteiger partial charge in [0.25, 0.3) is 0 Å². The molecule has 0 saturated carbocycles. The molecule has 4 rings (SSSR count). The Kier molecular flexibility index (Phi) is 6.89. The Labute approximate surface area is 182 Å². The zero-order chi connectivity index (χ0) is 20.9. The van der Waals surface area contributed by atoms with Crippen molar-refractivity contribution >= 4 is 17.5 Å². The van der Waals surface area contributed by atoms with Gasteiger partial charge in [-0.3, -0.25) is 15.1 Å². The quantitative estimate of drug-likeness (QED) is 0.660. The number of hydrazine groups is 1. The SMILES string of the molecule is CC1CN(CCC(=O)NCC2CC(c3ccccc3)NN2)Cc2cc(Cl)ccc2O1. The van der Waals surface area contributed by atoms with Gasteiger partial charge < -0.3 is 10.1 Å². The minimum Gasteiger partial charge on any atom is -0.489 e. The van der Waals surface area contributed by atoms with Crippen LogP contribution in [0.3, 0.4) is 0 Å². The highest BCUT2D eigenvalue weighted by Gasteiger charge is 2.25. The molecule has 0 aliphatic carbocycles. The van der Waals surface area contributed by atoms with Crippen molar-refractivity contribution in [2.75, 3.05) is 19.6 Å². The van der Waals surface area contributed by atoms with Gasteiger partial charge in [-0.1, -0.05) is 41.9 Å². The summed E-state index contributed by atoms with van der Waals surface area (Å²) in [6.45, 7) is 4.88. The molecule has 0 spiro atoms. The topological polar surface area (TPSA) is 65.6 Å². The summed E-state index contributed by atoms with van der Waals surface area (Å²) in [6.07, 6.45) is 1.48. The van der Waals surface area contributed by atoms with E-state index < -0.39 is 0 Å². The molecular formula is C23H29ClN4O2. The maximum Gasteiger partial charge on any atom is 0.221 e. The molecule has 2 heterocycles. The van der Waals surface area contributed by atoms with Crippen LogP contribution >= 0.6 is 11.6 Å². The number of benzene rings is 2. The van der Waals surface area contributed by atoms with Gasteiger partial charge in [0, 0.05) is 55.3 Å². The van der Waals surface area contributed by atoms with Gasteiger partial charge in [-0.2, -0.15) is 0 Å². The predicted octanol–water partition coefficient (Wildman–Crippen LogP) is 3.04. The first-order valence-corrected chi connectivity index (χ1v) is 10.9. The van der Waals surface area contributed by atoms with E-state index in [0.29, 0.717) is 24.5 Å². The zero-order valence-electron chi connectivity index (χ0n) is 17.2. The third-order valence-electron chi connectivity index (χ3n) is 5.64. The van der Waals surface area contributed by atoms with Gasteiger partial charge in [-0.15, -0.1) is 0 Å². The van der Waals surface area contributed by atoms with E-state index in [0.717, 1.165) is 30.8 Å². The summed E-state index contributed by atoms with van der Waals surface area (Å²) < 4.78 is 5.99. The number of carbonyl (C=O) groups excluding carboxylic acids is 1. The Hall–Kier alpha value is -2.12. The first kappa shape index (κ1) is 21.1. The van der Waals surface area contributed by atoms with E-state index in [1.54, 1.807) is 0 Å². The van der Waals surface area contributed by atoms with Crippen LogP contribution in [0.15, 0.2) is 48.5 Å². The van der Waals surface area contributed by atoms with Gasteiger partial charge in [-0.25, -0.2) is 5.43 Å². The number of ether oxygens (including phenoxy) is 1. The van der Waals surface area contributed by atoms with Crippen LogP contribution < -0.4 is 20.9 Å². The van der Waals surface area contributed by atoms with Crippen molar-refractivity contribution in [2.45, 2.75) is 44.5 Å². The minimum atomic E-state index is 0.0687. The van der Waals surface area contributed by atoms with Crippen molar-refractivity contribution in [3.63, 3.8) is 0 Å². The van der Waals surface area contributed by atoms with Gasteiger partial charge in [0.15, 0.2) is 0 Å². The molecule has 0 bridgehead atoms. The monoisotopic (exact) mass is 428 g/mol. The summed E-state index contributed by atoms with van der Waals surface area (Å²) in [5, 5.41) is 3.78. The average Bonchev–Trinajstić information content (AvgIpc) is 3.16. The van der Waals surface area contributed by atoms with E-state index in [1.165, 1.54) is 5.56 Å². The molecule has 2 aliphatic rings. The number of rotatable bonds is 6. The molecule has 30 heavy (non-hydrogen) atoms. The number of amides is 1. The first-order valence-electron chi connectivity index (χ1n) is 10.6. The molecule has 1 saturated heterocycles. The maximum absolute atomic E-state index is 12.4. The molecular weight excluding hydrogens is 400 g/mol. The highest BCUT2D eigenvalue weighted by molar-refractivity contribution is 6.30. The standard InChI is InChI=1S/C23H29ClN4O2/c1-16-14-28(15-18-11-19(24)7-8-22(18)30-16)10-9-23(29)25-13-20-12-21(27-26-20)17-5-3-2-4-6-17/h2-8,11,16,20-21,26-27H,9-10,12-15H2,1H3,(H,25,29). The Balaban J connectivity index is 1.22. The van der Waals surface area contributed by atoms with E-state index in [1.807, 2.05) is 36.4 Å². The molecule has 1 fully saturated rings. The van der Waals surface area contributed by atoms with Crippen LogP contribution in [0.1, 0.15) is 36.9 Å². The Morgan fingerprint density at radius 2 is 2.07 bits per heavy atom. The molecule has 1 amide bonds. The van der Waals surface area contributed by atoms with E-state index in [9.17, 15) is 4.79 Å². The fraction of sp³-hybridized carbons (Fsp3) is 0.435. The van der Waals surface area contributed by atoms with Crippen LogP contribution in [-0.4, -0.2) is 42.6 Å². The van der Waals surface area contributed by atoms with Crippen LogP contribution in [0.5, 0.6) is 5.75 Å². The number of hydrogen-bond donors (Lipinski definition) is 3. The highest BCUT2D eigenvalue weighted by atomic mass is 35.5. The van der Waals surface area contributed by atoms with Gasteiger partial charge in [-0.05, 0) is 37.1 Å². The van der Waals surface area contributed by atoms with E-state index in [-0.39, 0.29) is 24.1 Å². The molecule has 7 heteroatoms. The Morgan fingerprint density at radius 3 is 2.90 bits per heavy atom. The summed E-state index contributed by atoms with van der Waals surface area (Å²) >= 11 is 6.15. The summed E-state index contributed by atoms with van der Waals surface area (Å²) in [4.78, 5) is 14.7. The van der Waals surface area contributed by atoms with Crippen LogP contribution in [0.25, 0.3) is 0 Å². The van der Waals surface area contributed by atoms with Crippen LogP contribution in [0, 0.1) is 0 Å². The third kappa shape index (κ3) is 5.52. The zero-order valence-corrected chi connectivity index (χ0v) is 18.0. The van der Waals surface area contributed by atoms with Gasteiger partial charge in [0.1, 0.15) is 11.9 Å². The summed E-state index contributed by atoms with van der Waals surface area (Å²) in [6, 6.07) is 16.6. The van der Waals surface area contributed by atoms with Crippen molar-refractivity contribution in [2.24, 2.45) is 0 Å². The molecule has 2 aliphatic heterocycles. The van der Waals surface area contributed by atoms with Gasteiger partial charge in [0.2, 0.25) is 5.91 Å². The number of fused-ring (bicyclic) bond motifs is 1. The molecule has 6 nitrogen and oxygen atoms in total. The van der Waals surface area contributed by atoms with Gasteiger partial charge >= 0.3 is 0 Å². The highest BCUT2D eigenvalue weighted by Crippen LogP contribution is 2.28. The largest absolute Gasteiger partial charge is 0.489 e. The first-order chi connectivity index (χ1) is 14.6. The molecule has 2 aromatic carbocycles. The molecule has 3 N–H and O–H groups in total. The Bertz CT molecular complexity index is 864. The summed E-state index contributed by atoms with van der Waals surface area (Å²) in [5.41, 5.74) is 8.94. The normalized spacial score (nSPS) is 24.0. The lowest BCUT2D eigenvalue weighted by Crippen LogP contribution is -2.41. The fourth-order valence-corrected chi connectivity index (χ4v) is 4.32. The third-order valence-corrected chi connectivity index (χ3v) is 5.88. The number of nitrogens with one attached hydrogen (secondary N) is 3. The van der Waals surface area contributed by atoms with Crippen LogP contribution in [0.2, 0.25) is 5.02 Å². The lowest BCUT2D eigenvalue weighted by molar-refractivity contribution is -0.121.